The van der Waals surface area contributed by atoms with Crippen molar-refractivity contribution in [2.24, 2.45) is 0 Å². The van der Waals surface area contributed by atoms with Crippen LogP contribution in [0.25, 0.3) is 0 Å². The molecule has 2 atom stereocenters. The minimum atomic E-state index is -0.542. The molecule has 1 aliphatic heterocycles. The van der Waals surface area contributed by atoms with E-state index in [1.54, 1.807) is 6.20 Å². The number of hydrogen-bond donors (Lipinski definition) is 1. The molecule has 2 heterocycles. The van der Waals surface area contributed by atoms with Gasteiger partial charge in [-0.15, -0.1) is 0 Å². The summed E-state index contributed by atoms with van der Waals surface area (Å²) in [6.07, 6.45) is 3.27. The third-order valence-electron chi connectivity index (χ3n) is 2.22. The highest BCUT2D eigenvalue weighted by Gasteiger charge is 2.36. The number of aromatic nitrogens is 2. The predicted molar refractivity (Wildman–Crippen MR) is 55.1 cm³/mol. The van der Waals surface area contributed by atoms with Crippen LogP contribution in [0.2, 0.25) is 0 Å². The first-order chi connectivity index (χ1) is 6.18. The summed E-state index contributed by atoms with van der Waals surface area (Å²) in [5.74, 6) is 0.825. The van der Waals surface area contributed by atoms with E-state index in [9.17, 15) is 5.11 Å². The van der Waals surface area contributed by atoms with Crippen LogP contribution in [0, 0.1) is 0 Å². The third kappa shape index (κ3) is 2.21. The molecule has 2 unspecified atom stereocenters. The van der Waals surface area contributed by atoms with Crippen molar-refractivity contribution in [2.75, 3.05) is 5.75 Å². The van der Waals surface area contributed by atoms with E-state index in [0.29, 0.717) is 11.7 Å². The van der Waals surface area contributed by atoms with E-state index < -0.39 is 5.60 Å². The molecule has 1 aromatic heterocycles. The summed E-state index contributed by atoms with van der Waals surface area (Å²) in [4.78, 5) is 0. The van der Waals surface area contributed by atoms with Crippen molar-refractivity contribution in [1.82, 2.24) is 8.75 Å². The van der Waals surface area contributed by atoms with Gasteiger partial charge in [0.2, 0.25) is 0 Å². The number of hydrogen-bond acceptors (Lipinski definition) is 5. The van der Waals surface area contributed by atoms with E-state index in [2.05, 4.69) is 15.7 Å². The minimum absolute atomic E-state index is 0.542. The molecule has 2 rings (SSSR count). The molecule has 1 fully saturated rings. The molecule has 1 saturated heterocycles. The Kier molecular flexibility index (Phi) is 2.58. The number of thioether (sulfide) groups is 1. The predicted octanol–water partition coefficient (Wildman–Crippen LogP) is 1.34. The molecule has 0 spiro atoms. The van der Waals surface area contributed by atoms with Crippen molar-refractivity contribution in [3.63, 3.8) is 0 Å². The van der Waals surface area contributed by atoms with Crippen LogP contribution in [0.4, 0.5) is 0 Å². The highest BCUT2D eigenvalue weighted by atomic mass is 32.2. The molecule has 0 bridgehead atoms. The molecule has 3 nitrogen and oxygen atoms in total. The average molecular weight is 216 g/mol. The topological polar surface area (TPSA) is 46.0 Å². The molecule has 0 aromatic carbocycles. The number of rotatable bonds is 2. The van der Waals surface area contributed by atoms with Gasteiger partial charge < -0.3 is 5.11 Å². The van der Waals surface area contributed by atoms with Crippen molar-refractivity contribution in [3.8, 4) is 0 Å². The highest BCUT2D eigenvalue weighted by molar-refractivity contribution is 8.00. The molecular weight excluding hydrogens is 204 g/mol. The van der Waals surface area contributed by atoms with E-state index in [0.717, 1.165) is 17.9 Å². The number of aliphatic hydroxyl groups is 1. The molecular formula is C8H12N2OS2. The van der Waals surface area contributed by atoms with Crippen LogP contribution < -0.4 is 0 Å². The van der Waals surface area contributed by atoms with Gasteiger partial charge in [0.15, 0.2) is 0 Å². The largest absolute Gasteiger partial charge is 0.389 e. The summed E-state index contributed by atoms with van der Waals surface area (Å²) in [6.45, 7) is 2.15. The highest BCUT2D eigenvalue weighted by Crippen LogP contribution is 2.36. The zero-order chi connectivity index (χ0) is 9.31. The Balaban J connectivity index is 2.01. The second kappa shape index (κ2) is 3.55. The smallest absolute Gasteiger partial charge is 0.0804 e. The lowest BCUT2D eigenvalue weighted by atomic mass is 9.95. The molecule has 1 aromatic rings. The fourth-order valence-electron chi connectivity index (χ4n) is 1.67. The molecule has 0 radical (unpaired) electrons. The Bertz CT molecular complexity index is 278. The second-order valence-electron chi connectivity index (χ2n) is 3.63. The van der Waals surface area contributed by atoms with Crippen LogP contribution >= 0.6 is 23.5 Å². The van der Waals surface area contributed by atoms with Gasteiger partial charge in [0.05, 0.1) is 29.2 Å². The Morgan fingerprint density at radius 1 is 1.77 bits per heavy atom. The molecule has 1 N–H and O–H groups in total. The van der Waals surface area contributed by atoms with Crippen LogP contribution in [0.1, 0.15) is 19.0 Å². The summed E-state index contributed by atoms with van der Waals surface area (Å²) in [5, 5.41) is 10.7. The Morgan fingerprint density at radius 3 is 3.15 bits per heavy atom. The summed E-state index contributed by atoms with van der Waals surface area (Å²) in [6, 6.07) is 0. The van der Waals surface area contributed by atoms with E-state index in [1.165, 1.54) is 11.7 Å². The third-order valence-corrected chi connectivity index (χ3v) is 4.18. The Hall–Kier alpha value is -0.130. The SMILES string of the molecule is CC1CC(O)(Cc2cnsn2)CS1. The lowest BCUT2D eigenvalue weighted by molar-refractivity contribution is 0.0634. The summed E-state index contributed by atoms with van der Waals surface area (Å²) >= 11 is 3.04. The molecule has 1 aliphatic rings. The Morgan fingerprint density at radius 2 is 2.62 bits per heavy atom. The standard InChI is InChI=1S/C8H12N2OS2/c1-6-2-8(11,5-12-6)3-7-4-9-13-10-7/h4,6,11H,2-3,5H2,1H3. The normalized spacial score (nSPS) is 33.8. The molecule has 13 heavy (non-hydrogen) atoms. The molecule has 5 heteroatoms. The van der Waals surface area contributed by atoms with E-state index in [4.69, 9.17) is 0 Å². The van der Waals surface area contributed by atoms with Gasteiger partial charge in [-0.1, -0.05) is 6.92 Å². The molecule has 0 saturated carbocycles. The van der Waals surface area contributed by atoms with Crippen LogP contribution in [-0.2, 0) is 6.42 Å². The summed E-state index contributed by atoms with van der Waals surface area (Å²) in [7, 11) is 0. The van der Waals surface area contributed by atoms with Crippen molar-refractivity contribution in [2.45, 2.75) is 30.6 Å². The van der Waals surface area contributed by atoms with Gasteiger partial charge in [0.25, 0.3) is 0 Å². The van der Waals surface area contributed by atoms with E-state index in [1.807, 2.05) is 11.8 Å². The second-order valence-corrected chi connectivity index (χ2v) is 5.61. The molecule has 72 valence electrons. The van der Waals surface area contributed by atoms with Gasteiger partial charge in [-0.2, -0.15) is 20.5 Å². The van der Waals surface area contributed by atoms with Gasteiger partial charge in [0, 0.05) is 17.4 Å². The lowest BCUT2D eigenvalue weighted by Gasteiger charge is -2.19. The fourth-order valence-corrected chi connectivity index (χ4v) is 3.35. The van der Waals surface area contributed by atoms with Crippen molar-refractivity contribution in [3.05, 3.63) is 11.9 Å². The van der Waals surface area contributed by atoms with Crippen molar-refractivity contribution >= 4 is 23.5 Å². The van der Waals surface area contributed by atoms with Crippen molar-refractivity contribution < 1.29 is 5.11 Å². The maximum atomic E-state index is 10.1. The summed E-state index contributed by atoms with van der Waals surface area (Å²) < 4.78 is 8.04. The zero-order valence-electron chi connectivity index (χ0n) is 7.43. The van der Waals surface area contributed by atoms with E-state index in [-0.39, 0.29) is 0 Å². The van der Waals surface area contributed by atoms with Crippen molar-refractivity contribution in [1.29, 1.82) is 0 Å². The maximum absolute atomic E-state index is 10.1. The van der Waals surface area contributed by atoms with E-state index >= 15 is 0 Å². The first-order valence-electron chi connectivity index (χ1n) is 4.28. The van der Waals surface area contributed by atoms with Gasteiger partial charge in [-0.25, -0.2) is 0 Å². The Labute approximate surface area is 85.9 Å². The van der Waals surface area contributed by atoms with Gasteiger partial charge in [0.1, 0.15) is 0 Å². The van der Waals surface area contributed by atoms with Crippen LogP contribution in [0.15, 0.2) is 6.20 Å². The van der Waals surface area contributed by atoms with Gasteiger partial charge >= 0.3 is 0 Å². The van der Waals surface area contributed by atoms with Crippen LogP contribution in [0.3, 0.4) is 0 Å². The van der Waals surface area contributed by atoms with Crippen LogP contribution in [0.5, 0.6) is 0 Å². The zero-order valence-corrected chi connectivity index (χ0v) is 9.07. The lowest BCUT2D eigenvalue weighted by Crippen LogP contribution is -2.31. The molecule has 0 aliphatic carbocycles. The summed E-state index contributed by atoms with van der Waals surface area (Å²) in [5.41, 5.74) is 0.377. The van der Waals surface area contributed by atoms with Gasteiger partial charge in [-0.05, 0) is 6.42 Å². The fraction of sp³-hybridized carbons (Fsp3) is 0.750. The average Bonchev–Trinajstić information content (AvgIpc) is 2.62. The minimum Gasteiger partial charge on any atom is -0.389 e. The maximum Gasteiger partial charge on any atom is 0.0804 e. The monoisotopic (exact) mass is 216 g/mol. The molecule has 0 amide bonds. The first-order valence-corrected chi connectivity index (χ1v) is 6.06. The number of nitrogens with zero attached hydrogens (tertiary/aromatic N) is 2. The van der Waals surface area contributed by atoms with Crippen LogP contribution in [-0.4, -0.2) is 30.5 Å². The first kappa shape index (κ1) is 9.43. The quantitative estimate of drug-likeness (QED) is 0.810. The van der Waals surface area contributed by atoms with Gasteiger partial charge in [-0.3, -0.25) is 0 Å².